The number of pyridine rings is 1. The fourth-order valence-electron chi connectivity index (χ4n) is 4.50. The molecular formula is C28H31ClFN3. The summed E-state index contributed by atoms with van der Waals surface area (Å²) < 4.78 is 13.9. The van der Waals surface area contributed by atoms with Gasteiger partial charge in [0.2, 0.25) is 0 Å². The van der Waals surface area contributed by atoms with Crippen molar-refractivity contribution in [2.75, 3.05) is 18.0 Å². The van der Waals surface area contributed by atoms with Gasteiger partial charge < -0.3 is 10.2 Å². The lowest BCUT2D eigenvalue weighted by atomic mass is 9.94. The van der Waals surface area contributed by atoms with E-state index in [0.717, 1.165) is 64.9 Å². The molecular weight excluding hydrogens is 433 g/mol. The fraction of sp³-hybridized carbons (Fsp3) is 0.321. The van der Waals surface area contributed by atoms with Crippen LogP contribution in [-0.2, 0) is 6.42 Å². The van der Waals surface area contributed by atoms with E-state index in [1.165, 1.54) is 17.3 Å². The summed E-state index contributed by atoms with van der Waals surface area (Å²) in [5.74, 6) is -0.431. The standard InChI is InChI=1S/C28H31ClFN3/c1-17(2)31-19(4)14-24-20(5)23-16-22(33-12-10-18(3)11-13-33)7-9-27(23)32-28(24)21-6-8-26(30)25(29)15-21/h6-9,15-17,31H,3-4,10-14H2,1-2,5H3. The minimum absolute atomic E-state index is 0.0965. The van der Waals surface area contributed by atoms with Crippen LogP contribution in [0.3, 0.4) is 0 Å². The molecule has 2 heterocycles. The van der Waals surface area contributed by atoms with E-state index in [1.54, 1.807) is 12.1 Å². The van der Waals surface area contributed by atoms with Gasteiger partial charge in [-0.2, -0.15) is 0 Å². The summed E-state index contributed by atoms with van der Waals surface area (Å²) in [6.07, 6.45) is 2.70. The minimum atomic E-state index is -0.431. The number of anilines is 1. The van der Waals surface area contributed by atoms with E-state index in [1.807, 2.05) is 0 Å². The van der Waals surface area contributed by atoms with E-state index >= 15 is 0 Å². The van der Waals surface area contributed by atoms with Gasteiger partial charge in [0.1, 0.15) is 5.82 Å². The molecule has 0 spiro atoms. The van der Waals surface area contributed by atoms with Crippen molar-refractivity contribution < 1.29 is 4.39 Å². The molecule has 0 atom stereocenters. The Morgan fingerprint density at radius 2 is 1.91 bits per heavy atom. The summed E-state index contributed by atoms with van der Waals surface area (Å²) in [5, 5.41) is 4.63. The van der Waals surface area contributed by atoms with Crippen molar-refractivity contribution in [2.24, 2.45) is 0 Å². The van der Waals surface area contributed by atoms with Crippen molar-refractivity contribution in [1.82, 2.24) is 10.3 Å². The molecule has 0 unspecified atom stereocenters. The molecule has 0 radical (unpaired) electrons. The zero-order valence-corrected chi connectivity index (χ0v) is 20.4. The van der Waals surface area contributed by atoms with Gasteiger partial charge in [0.25, 0.3) is 0 Å². The molecule has 33 heavy (non-hydrogen) atoms. The van der Waals surface area contributed by atoms with Gasteiger partial charge in [-0.3, -0.25) is 0 Å². The first-order chi connectivity index (χ1) is 15.7. The summed E-state index contributed by atoms with van der Waals surface area (Å²) in [6.45, 7) is 16.7. The van der Waals surface area contributed by atoms with Gasteiger partial charge in [0.05, 0.1) is 16.2 Å². The Hall–Kier alpha value is -2.85. The molecule has 1 aromatic heterocycles. The van der Waals surface area contributed by atoms with Gasteiger partial charge >= 0.3 is 0 Å². The monoisotopic (exact) mass is 463 g/mol. The van der Waals surface area contributed by atoms with Crippen molar-refractivity contribution in [3.63, 3.8) is 0 Å². The number of fused-ring (bicyclic) bond motifs is 1. The van der Waals surface area contributed by atoms with Gasteiger partial charge in [-0.15, -0.1) is 0 Å². The molecule has 1 fully saturated rings. The zero-order chi connectivity index (χ0) is 23.7. The quantitative estimate of drug-likeness (QED) is 0.391. The minimum Gasteiger partial charge on any atom is -0.386 e. The Kier molecular flexibility index (Phi) is 6.76. The largest absolute Gasteiger partial charge is 0.386 e. The van der Waals surface area contributed by atoms with Crippen LogP contribution in [-0.4, -0.2) is 24.1 Å². The number of hydrogen-bond donors (Lipinski definition) is 1. The molecule has 0 saturated carbocycles. The second-order valence-corrected chi connectivity index (χ2v) is 9.62. The number of benzene rings is 2. The molecule has 1 aliphatic rings. The summed E-state index contributed by atoms with van der Waals surface area (Å²) in [4.78, 5) is 7.44. The number of halogens is 2. The average molecular weight is 464 g/mol. The van der Waals surface area contributed by atoms with Gasteiger partial charge in [-0.25, -0.2) is 9.37 Å². The van der Waals surface area contributed by atoms with E-state index in [-0.39, 0.29) is 11.1 Å². The number of allylic oxidation sites excluding steroid dienone is 1. The highest BCUT2D eigenvalue weighted by molar-refractivity contribution is 6.31. The third kappa shape index (κ3) is 5.06. The van der Waals surface area contributed by atoms with E-state index in [4.69, 9.17) is 16.6 Å². The van der Waals surface area contributed by atoms with Crippen molar-refractivity contribution >= 4 is 28.2 Å². The fourth-order valence-corrected chi connectivity index (χ4v) is 4.68. The van der Waals surface area contributed by atoms with Crippen molar-refractivity contribution in [1.29, 1.82) is 0 Å². The molecule has 1 N–H and O–H groups in total. The second kappa shape index (κ2) is 9.56. The first kappa shape index (κ1) is 23.3. The summed E-state index contributed by atoms with van der Waals surface area (Å²) >= 11 is 6.12. The van der Waals surface area contributed by atoms with Gasteiger partial charge in [0.15, 0.2) is 0 Å². The number of nitrogens with zero attached hydrogens (tertiary/aromatic N) is 2. The van der Waals surface area contributed by atoms with Gasteiger partial charge in [0, 0.05) is 47.9 Å². The lowest BCUT2D eigenvalue weighted by molar-refractivity contribution is 0.628. The van der Waals surface area contributed by atoms with Gasteiger partial charge in [-0.05, 0) is 81.1 Å². The lowest BCUT2D eigenvalue weighted by Gasteiger charge is -2.30. The molecule has 1 aliphatic heterocycles. The van der Waals surface area contributed by atoms with Crippen molar-refractivity contribution in [3.05, 3.63) is 82.8 Å². The van der Waals surface area contributed by atoms with Gasteiger partial charge in [-0.1, -0.05) is 30.3 Å². The molecule has 0 aliphatic carbocycles. The maximum absolute atomic E-state index is 13.9. The van der Waals surface area contributed by atoms with Crippen LogP contribution in [0.1, 0.15) is 37.8 Å². The Morgan fingerprint density at radius 1 is 1.18 bits per heavy atom. The predicted molar refractivity (Wildman–Crippen MR) is 139 cm³/mol. The third-order valence-corrected chi connectivity index (χ3v) is 6.56. The van der Waals surface area contributed by atoms with Crippen LogP contribution < -0.4 is 10.2 Å². The van der Waals surface area contributed by atoms with Crippen LogP contribution in [0.2, 0.25) is 5.02 Å². The average Bonchev–Trinajstić information content (AvgIpc) is 2.77. The lowest BCUT2D eigenvalue weighted by Crippen LogP contribution is -2.30. The van der Waals surface area contributed by atoms with E-state index in [9.17, 15) is 4.39 Å². The molecule has 0 amide bonds. The Balaban J connectivity index is 1.83. The summed E-state index contributed by atoms with van der Waals surface area (Å²) in [7, 11) is 0. The number of aryl methyl sites for hydroxylation is 1. The van der Waals surface area contributed by atoms with Crippen LogP contribution in [0.4, 0.5) is 10.1 Å². The molecule has 2 aromatic carbocycles. The number of aromatic nitrogens is 1. The molecule has 3 aromatic rings. The zero-order valence-electron chi connectivity index (χ0n) is 19.6. The third-order valence-electron chi connectivity index (χ3n) is 6.27. The van der Waals surface area contributed by atoms with Crippen LogP contribution in [0.5, 0.6) is 0 Å². The normalized spacial score (nSPS) is 14.2. The van der Waals surface area contributed by atoms with Crippen LogP contribution >= 0.6 is 11.6 Å². The SMILES string of the molecule is C=C1CCN(c2ccc3nc(-c4ccc(F)c(Cl)c4)c(CC(=C)NC(C)C)c(C)c3c2)CC1. The summed E-state index contributed by atoms with van der Waals surface area (Å²) in [6, 6.07) is 11.6. The molecule has 5 heteroatoms. The molecule has 172 valence electrons. The number of nitrogens with one attached hydrogen (secondary N) is 1. The smallest absolute Gasteiger partial charge is 0.141 e. The predicted octanol–water partition coefficient (Wildman–Crippen LogP) is 7.21. The number of rotatable bonds is 6. The maximum atomic E-state index is 13.9. The van der Waals surface area contributed by atoms with Crippen molar-refractivity contribution in [3.8, 4) is 11.3 Å². The molecule has 3 nitrogen and oxygen atoms in total. The second-order valence-electron chi connectivity index (χ2n) is 9.21. The highest BCUT2D eigenvalue weighted by atomic mass is 35.5. The first-order valence-corrected chi connectivity index (χ1v) is 11.8. The maximum Gasteiger partial charge on any atom is 0.141 e. The molecule has 4 rings (SSSR count). The molecule has 0 bridgehead atoms. The molecule has 1 saturated heterocycles. The Labute approximate surface area is 201 Å². The van der Waals surface area contributed by atoms with Crippen molar-refractivity contribution in [2.45, 2.75) is 46.1 Å². The Bertz CT molecular complexity index is 1220. The van der Waals surface area contributed by atoms with Crippen LogP contribution in [0.15, 0.2) is 60.8 Å². The topological polar surface area (TPSA) is 28.2 Å². The van der Waals surface area contributed by atoms with Crippen LogP contribution in [0.25, 0.3) is 22.2 Å². The number of piperidine rings is 1. The first-order valence-electron chi connectivity index (χ1n) is 11.5. The van der Waals surface area contributed by atoms with E-state index in [0.29, 0.717) is 6.42 Å². The highest BCUT2D eigenvalue weighted by Crippen LogP contribution is 2.35. The van der Waals surface area contributed by atoms with Crippen LogP contribution in [0, 0.1) is 12.7 Å². The Morgan fingerprint density at radius 3 is 2.58 bits per heavy atom. The van der Waals surface area contributed by atoms with E-state index < -0.39 is 5.82 Å². The number of hydrogen-bond acceptors (Lipinski definition) is 3. The summed E-state index contributed by atoms with van der Waals surface area (Å²) in [5.41, 5.74) is 8.23. The van der Waals surface area contributed by atoms with E-state index in [2.05, 4.69) is 62.3 Å². The highest BCUT2D eigenvalue weighted by Gasteiger charge is 2.19.